The fourth-order valence-electron chi connectivity index (χ4n) is 2.86. The van der Waals surface area contributed by atoms with Gasteiger partial charge in [-0.05, 0) is 48.4 Å². The second-order valence-corrected chi connectivity index (χ2v) is 8.98. The maximum Gasteiger partial charge on any atom is 0.243 e. The lowest BCUT2D eigenvalue weighted by molar-refractivity contribution is -0.128. The van der Waals surface area contributed by atoms with Gasteiger partial charge < -0.3 is 14.4 Å². The number of aryl methyl sites for hydroxylation is 1. The first-order valence-electron chi connectivity index (χ1n) is 8.75. The summed E-state index contributed by atoms with van der Waals surface area (Å²) in [6.07, 6.45) is 1.07. The lowest BCUT2D eigenvalue weighted by Gasteiger charge is -2.26. The van der Waals surface area contributed by atoms with Crippen LogP contribution in [0.4, 0.5) is 5.69 Å². The van der Waals surface area contributed by atoms with E-state index < -0.39 is 10.0 Å². The smallest absolute Gasteiger partial charge is 0.243 e. The average molecular weight is 441 g/mol. The third kappa shape index (κ3) is 5.77. The van der Waals surface area contributed by atoms with Crippen LogP contribution < -0.4 is 13.8 Å². The van der Waals surface area contributed by atoms with E-state index >= 15 is 0 Å². The number of carbonyl (C=O) groups excluding carboxylic acids is 1. The van der Waals surface area contributed by atoms with Gasteiger partial charge in [-0.3, -0.25) is 9.10 Å². The fraction of sp³-hybridized carbons (Fsp3) is 0.350. The molecule has 2 aromatic rings. The molecule has 29 heavy (non-hydrogen) atoms. The minimum absolute atomic E-state index is 0.288. The third-order valence-corrected chi connectivity index (χ3v) is 5.76. The van der Waals surface area contributed by atoms with E-state index in [9.17, 15) is 13.2 Å². The van der Waals surface area contributed by atoms with Crippen LogP contribution in [0.2, 0.25) is 5.02 Å². The Bertz CT molecular complexity index is 994. The highest BCUT2D eigenvalue weighted by Gasteiger charge is 2.24. The number of amides is 1. The first-order chi connectivity index (χ1) is 13.6. The molecule has 0 atom stereocenters. The number of likely N-dealkylation sites (N-methyl/N-ethyl adjacent to an activating group) is 1. The van der Waals surface area contributed by atoms with E-state index in [1.165, 1.54) is 12.0 Å². The summed E-state index contributed by atoms with van der Waals surface area (Å²) < 4.78 is 36.2. The van der Waals surface area contributed by atoms with Gasteiger partial charge in [-0.25, -0.2) is 8.42 Å². The summed E-state index contributed by atoms with van der Waals surface area (Å²) in [7, 11) is 1.04. The molecule has 2 aromatic carbocycles. The van der Waals surface area contributed by atoms with E-state index in [1.807, 2.05) is 6.07 Å². The van der Waals surface area contributed by atoms with Crippen molar-refractivity contribution >= 4 is 33.2 Å². The molecule has 0 saturated carbocycles. The van der Waals surface area contributed by atoms with Gasteiger partial charge >= 0.3 is 0 Å². The molecular formula is C20H25ClN2O5S. The van der Waals surface area contributed by atoms with Crippen molar-refractivity contribution in [2.75, 3.05) is 38.4 Å². The molecule has 0 spiro atoms. The minimum Gasteiger partial charge on any atom is -0.493 e. The van der Waals surface area contributed by atoms with Gasteiger partial charge in [-0.15, -0.1) is 0 Å². The number of methoxy groups -OCH3 is 2. The monoisotopic (exact) mass is 440 g/mol. The number of anilines is 1. The van der Waals surface area contributed by atoms with E-state index in [4.69, 9.17) is 21.1 Å². The zero-order valence-corrected chi connectivity index (χ0v) is 18.7. The van der Waals surface area contributed by atoms with Crippen molar-refractivity contribution in [2.24, 2.45) is 0 Å². The molecule has 0 bridgehead atoms. The number of benzene rings is 2. The number of nitrogens with zero attached hydrogens (tertiary/aromatic N) is 2. The minimum atomic E-state index is -3.67. The van der Waals surface area contributed by atoms with Gasteiger partial charge in [0.25, 0.3) is 0 Å². The molecule has 0 unspecified atom stereocenters. The number of carbonyl (C=O) groups is 1. The Morgan fingerprint density at radius 2 is 1.72 bits per heavy atom. The molecule has 0 aromatic heterocycles. The van der Waals surface area contributed by atoms with Crippen LogP contribution in [0.1, 0.15) is 11.1 Å². The Hall–Kier alpha value is -2.45. The fourth-order valence-corrected chi connectivity index (χ4v) is 4.00. The van der Waals surface area contributed by atoms with Crippen LogP contribution in [-0.4, -0.2) is 53.3 Å². The topological polar surface area (TPSA) is 76.2 Å². The lowest BCUT2D eigenvalue weighted by Crippen LogP contribution is -2.41. The van der Waals surface area contributed by atoms with Crippen LogP contribution in [0.5, 0.6) is 11.5 Å². The summed E-state index contributed by atoms with van der Waals surface area (Å²) in [5.41, 5.74) is 1.91. The molecule has 2 rings (SSSR count). The Morgan fingerprint density at radius 1 is 1.07 bits per heavy atom. The lowest BCUT2D eigenvalue weighted by atomic mass is 10.2. The molecule has 7 nitrogen and oxygen atoms in total. The average Bonchev–Trinajstić information content (AvgIpc) is 2.65. The van der Waals surface area contributed by atoms with E-state index in [0.29, 0.717) is 27.8 Å². The Labute approximate surface area is 176 Å². The van der Waals surface area contributed by atoms with E-state index in [-0.39, 0.29) is 19.0 Å². The summed E-state index contributed by atoms with van der Waals surface area (Å²) >= 11 is 5.97. The summed E-state index contributed by atoms with van der Waals surface area (Å²) in [5.74, 6) is 0.798. The van der Waals surface area contributed by atoms with Crippen molar-refractivity contribution in [3.8, 4) is 11.5 Å². The molecule has 0 fully saturated rings. The maximum atomic E-state index is 12.8. The standard InChI is InChI=1S/C20H25ClN2O5S/c1-14-10-16(21)7-8-17(14)23(29(5,25)26)13-20(24)22(2)12-15-6-9-18(27-3)19(11-15)28-4/h6-11H,12-13H2,1-5H3. The second kappa shape index (κ2) is 9.37. The highest BCUT2D eigenvalue weighted by Crippen LogP contribution is 2.28. The summed E-state index contributed by atoms with van der Waals surface area (Å²) in [4.78, 5) is 14.2. The number of hydrogen-bond donors (Lipinski definition) is 0. The van der Waals surface area contributed by atoms with Crippen LogP contribution in [0.25, 0.3) is 0 Å². The van der Waals surface area contributed by atoms with Crippen LogP contribution in [0, 0.1) is 6.92 Å². The quantitative estimate of drug-likeness (QED) is 0.630. The number of rotatable bonds is 8. The molecular weight excluding hydrogens is 416 g/mol. The number of sulfonamides is 1. The van der Waals surface area contributed by atoms with Gasteiger partial charge in [-0.1, -0.05) is 17.7 Å². The van der Waals surface area contributed by atoms with Gasteiger partial charge in [0.2, 0.25) is 15.9 Å². The van der Waals surface area contributed by atoms with E-state index in [2.05, 4.69) is 0 Å². The maximum absolute atomic E-state index is 12.8. The molecule has 158 valence electrons. The van der Waals surface area contributed by atoms with Crippen molar-refractivity contribution in [2.45, 2.75) is 13.5 Å². The van der Waals surface area contributed by atoms with Crippen molar-refractivity contribution in [1.82, 2.24) is 4.90 Å². The van der Waals surface area contributed by atoms with Crippen LogP contribution in [0.15, 0.2) is 36.4 Å². The highest BCUT2D eigenvalue weighted by molar-refractivity contribution is 7.92. The van der Waals surface area contributed by atoms with Crippen LogP contribution >= 0.6 is 11.6 Å². The molecule has 0 aliphatic rings. The Kier molecular flexibility index (Phi) is 7.37. The van der Waals surface area contributed by atoms with Gasteiger partial charge in [0, 0.05) is 18.6 Å². The SMILES string of the molecule is COc1ccc(CN(C)C(=O)CN(c2ccc(Cl)cc2C)S(C)(=O)=O)cc1OC. The van der Waals surface area contributed by atoms with E-state index in [0.717, 1.165) is 16.1 Å². The summed E-state index contributed by atoms with van der Waals surface area (Å²) in [5, 5.41) is 0.497. The zero-order chi connectivity index (χ0) is 21.8. The number of ether oxygens (including phenoxy) is 2. The first kappa shape index (κ1) is 22.8. The molecule has 9 heteroatoms. The van der Waals surface area contributed by atoms with Crippen LogP contribution in [-0.2, 0) is 21.4 Å². The molecule has 1 amide bonds. The van der Waals surface area contributed by atoms with Crippen molar-refractivity contribution in [1.29, 1.82) is 0 Å². The first-order valence-corrected chi connectivity index (χ1v) is 11.0. The molecule has 0 aliphatic carbocycles. The summed E-state index contributed by atoms with van der Waals surface area (Å²) in [6.45, 7) is 1.72. The van der Waals surface area contributed by atoms with Crippen molar-refractivity contribution < 1.29 is 22.7 Å². The van der Waals surface area contributed by atoms with Crippen LogP contribution in [0.3, 0.4) is 0 Å². The van der Waals surface area contributed by atoms with Crippen molar-refractivity contribution in [3.63, 3.8) is 0 Å². The molecule has 0 heterocycles. The van der Waals surface area contributed by atoms with Gasteiger partial charge in [0.05, 0.1) is 26.2 Å². The second-order valence-electron chi connectivity index (χ2n) is 6.64. The highest BCUT2D eigenvalue weighted by atomic mass is 35.5. The summed E-state index contributed by atoms with van der Waals surface area (Å²) in [6, 6.07) is 10.2. The molecule has 0 radical (unpaired) electrons. The van der Waals surface area contributed by atoms with Gasteiger partial charge in [0.15, 0.2) is 11.5 Å². The largest absolute Gasteiger partial charge is 0.493 e. The third-order valence-electron chi connectivity index (χ3n) is 4.40. The zero-order valence-electron chi connectivity index (χ0n) is 17.1. The number of halogens is 1. The molecule has 0 aliphatic heterocycles. The molecule has 0 N–H and O–H groups in total. The van der Waals surface area contributed by atoms with Crippen molar-refractivity contribution in [3.05, 3.63) is 52.5 Å². The predicted molar refractivity (Wildman–Crippen MR) is 114 cm³/mol. The Balaban J connectivity index is 2.21. The predicted octanol–water partition coefficient (Wildman–Crippen LogP) is 3.09. The number of hydrogen-bond acceptors (Lipinski definition) is 5. The van der Waals surface area contributed by atoms with E-state index in [1.54, 1.807) is 51.4 Å². The Morgan fingerprint density at radius 3 is 2.28 bits per heavy atom. The molecule has 0 saturated heterocycles. The normalized spacial score (nSPS) is 11.1. The van der Waals surface area contributed by atoms with Gasteiger partial charge in [0.1, 0.15) is 6.54 Å². The van der Waals surface area contributed by atoms with Gasteiger partial charge in [-0.2, -0.15) is 0 Å².